The molecule has 0 radical (unpaired) electrons. The summed E-state index contributed by atoms with van der Waals surface area (Å²) >= 11 is 0. The minimum Gasteiger partial charge on any atom is -0.396 e. The SMILES string of the molecule is C=CC(OC(C=C)C(=CC(CO)CO)CO)C(=CC(CO)CO)CO. The van der Waals surface area contributed by atoms with Crippen molar-refractivity contribution in [3.8, 4) is 0 Å². The zero-order valence-electron chi connectivity index (χ0n) is 14.4. The molecule has 0 aromatic rings. The van der Waals surface area contributed by atoms with Crippen molar-refractivity contribution in [2.75, 3.05) is 39.6 Å². The summed E-state index contributed by atoms with van der Waals surface area (Å²) in [6.07, 6.45) is 4.41. The van der Waals surface area contributed by atoms with Gasteiger partial charge in [0, 0.05) is 11.8 Å². The van der Waals surface area contributed by atoms with Gasteiger partial charge < -0.3 is 35.4 Å². The Hall–Kier alpha value is -1.32. The average Bonchev–Trinajstić information content (AvgIpc) is 2.66. The summed E-state index contributed by atoms with van der Waals surface area (Å²) in [6, 6.07) is 0. The van der Waals surface area contributed by atoms with Crippen LogP contribution in [0.5, 0.6) is 0 Å². The van der Waals surface area contributed by atoms with Crippen molar-refractivity contribution < 1.29 is 35.4 Å². The van der Waals surface area contributed by atoms with Crippen LogP contribution < -0.4 is 0 Å². The van der Waals surface area contributed by atoms with Crippen LogP contribution in [0.4, 0.5) is 0 Å². The summed E-state index contributed by atoms with van der Waals surface area (Å²) < 4.78 is 5.82. The molecule has 0 aliphatic heterocycles. The molecule has 7 heteroatoms. The summed E-state index contributed by atoms with van der Waals surface area (Å²) in [6.45, 7) is 5.43. The Morgan fingerprint density at radius 3 is 1.20 bits per heavy atom. The first-order valence-electron chi connectivity index (χ1n) is 8.01. The lowest BCUT2D eigenvalue weighted by atomic mass is 10.0. The van der Waals surface area contributed by atoms with Crippen molar-refractivity contribution in [3.63, 3.8) is 0 Å². The van der Waals surface area contributed by atoms with Gasteiger partial charge in [-0.15, -0.1) is 13.2 Å². The standard InChI is InChI=1S/C18H30O7/c1-3-17(15(11-23)5-13(7-19)8-20)25-18(4-2)16(12-24)6-14(9-21)10-22/h3-6,13-14,17-24H,1-2,7-12H2. The number of hydrogen-bond donors (Lipinski definition) is 6. The highest BCUT2D eigenvalue weighted by atomic mass is 16.5. The normalized spacial score (nSPS) is 15.5. The second-order valence-corrected chi connectivity index (χ2v) is 5.50. The summed E-state index contributed by atoms with van der Waals surface area (Å²) in [5.41, 5.74) is 0.793. The van der Waals surface area contributed by atoms with Gasteiger partial charge in [-0.05, 0) is 11.1 Å². The fourth-order valence-electron chi connectivity index (χ4n) is 2.15. The molecule has 7 nitrogen and oxygen atoms in total. The van der Waals surface area contributed by atoms with Crippen molar-refractivity contribution in [2.45, 2.75) is 12.2 Å². The second kappa shape index (κ2) is 13.9. The molecule has 2 unspecified atom stereocenters. The fraction of sp³-hybridized carbons (Fsp3) is 0.556. The number of rotatable bonds is 14. The molecule has 0 spiro atoms. The van der Waals surface area contributed by atoms with E-state index in [2.05, 4.69) is 13.2 Å². The van der Waals surface area contributed by atoms with Gasteiger partial charge >= 0.3 is 0 Å². The topological polar surface area (TPSA) is 131 Å². The molecule has 0 aliphatic rings. The third kappa shape index (κ3) is 8.06. The second-order valence-electron chi connectivity index (χ2n) is 5.50. The Morgan fingerprint density at radius 2 is 1.00 bits per heavy atom. The number of hydrogen-bond acceptors (Lipinski definition) is 7. The Kier molecular flexibility index (Phi) is 13.2. The summed E-state index contributed by atoms with van der Waals surface area (Å²) in [7, 11) is 0. The van der Waals surface area contributed by atoms with Crippen LogP contribution in [0.25, 0.3) is 0 Å². The highest BCUT2D eigenvalue weighted by molar-refractivity contribution is 5.21. The molecule has 0 aromatic carbocycles. The van der Waals surface area contributed by atoms with E-state index in [1.54, 1.807) is 0 Å². The predicted octanol–water partition coefficient (Wildman–Crippen LogP) is -0.849. The third-order valence-electron chi connectivity index (χ3n) is 3.66. The smallest absolute Gasteiger partial charge is 0.0998 e. The van der Waals surface area contributed by atoms with Crippen LogP contribution in [0.15, 0.2) is 48.6 Å². The molecule has 0 saturated carbocycles. The van der Waals surface area contributed by atoms with Gasteiger partial charge in [0.05, 0.1) is 51.8 Å². The van der Waals surface area contributed by atoms with E-state index in [4.69, 9.17) is 4.74 Å². The lowest BCUT2D eigenvalue weighted by Crippen LogP contribution is -2.27. The van der Waals surface area contributed by atoms with E-state index in [1.165, 1.54) is 24.3 Å². The maximum atomic E-state index is 9.56. The van der Waals surface area contributed by atoms with E-state index in [0.29, 0.717) is 11.1 Å². The van der Waals surface area contributed by atoms with Crippen LogP contribution in [0.2, 0.25) is 0 Å². The molecule has 144 valence electrons. The van der Waals surface area contributed by atoms with E-state index in [9.17, 15) is 30.6 Å². The molecule has 0 aromatic heterocycles. The monoisotopic (exact) mass is 358 g/mol. The van der Waals surface area contributed by atoms with E-state index < -0.39 is 24.0 Å². The summed E-state index contributed by atoms with van der Waals surface area (Å²) in [4.78, 5) is 0. The minimum atomic E-state index is -0.745. The number of ether oxygens (including phenoxy) is 1. The van der Waals surface area contributed by atoms with Crippen LogP contribution in [0.3, 0.4) is 0 Å². The first-order valence-corrected chi connectivity index (χ1v) is 8.01. The summed E-state index contributed by atoms with van der Waals surface area (Å²) in [5, 5.41) is 55.8. The zero-order chi connectivity index (χ0) is 19.2. The van der Waals surface area contributed by atoms with Crippen LogP contribution in [-0.4, -0.2) is 82.5 Å². The molecule has 0 rings (SSSR count). The molecular formula is C18H30O7. The van der Waals surface area contributed by atoms with Crippen LogP contribution in [0.1, 0.15) is 0 Å². The highest BCUT2D eigenvalue weighted by Gasteiger charge is 2.20. The lowest BCUT2D eigenvalue weighted by molar-refractivity contribution is 0.0670. The van der Waals surface area contributed by atoms with Crippen molar-refractivity contribution in [3.05, 3.63) is 48.6 Å². The van der Waals surface area contributed by atoms with Gasteiger partial charge in [-0.25, -0.2) is 0 Å². The largest absolute Gasteiger partial charge is 0.396 e. The van der Waals surface area contributed by atoms with Crippen molar-refractivity contribution in [1.82, 2.24) is 0 Å². The van der Waals surface area contributed by atoms with Gasteiger partial charge in [-0.1, -0.05) is 24.3 Å². The van der Waals surface area contributed by atoms with Gasteiger partial charge in [0.25, 0.3) is 0 Å². The third-order valence-corrected chi connectivity index (χ3v) is 3.66. The van der Waals surface area contributed by atoms with Gasteiger partial charge in [0.2, 0.25) is 0 Å². The fourth-order valence-corrected chi connectivity index (χ4v) is 2.15. The highest BCUT2D eigenvalue weighted by Crippen LogP contribution is 2.19. The first kappa shape index (κ1) is 23.7. The van der Waals surface area contributed by atoms with Crippen LogP contribution >= 0.6 is 0 Å². The van der Waals surface area contributed by atoms with Gasteiger partial charge in [0.1, 0.15) is 0 Å². The number of aliphatic hydroxyl groups is 6. The molecule has 2 atom stereocenters. The van der Waals surface area contributed by atoms with E-state index >= 15 is 0 Å². The molecule has 0 amide bonds. The molecule has 0 bridgehead atoms. The molecule has 6 N–H and O–H groups in total. The minimum absolute atomic E-state index is 0.286. The Balaban J connectivity index is 5.45. The summed E-state index contributed by atoms with van der Waals surface area (Å²) in [5.74, 6) is -1.09. The van der Waals surface area contributed by atoms with E-state index in [1.807, 2.05) is 0 Å². The van der Waals surface area contributed by atoms with Crippen LogP contribution in [-0.2, 0) is 4.74 Å². The first-order chi connectivity index (χ1) is 12.0. The Labute approximate surface area is 148 Å². The maximum Gasteiger partial charge on any atom is 0.0998 e. The van der Waals surface area contributed by atoms with Gasteiger partial charge in [-0.2, -0.15) is 0 Å². The van der Waals surface area contributed by atoms with Crippen molar-refractivity contribution in [1.29, 1.82) is 0 Å². The molecular weight excluding hydrogens is 328 g/mol. The molecule has 0 fully saturated rings. The zero-order valence-corrected chi connectivity index (χ0v) is 14.4. The van der Waals surface area contributed by atoms with Gasteiger partial charge in [0.15, 0.2) is 0 Å². The van der Waals surface area contributed by atoms with Crippen molar-refractivity contribution >= 4 is 0 Å². The lowest BCUT2D eigenvalue weighted by Gasteiger charge is -2.25. The molecule has 0 saturated heterocycles. The van der Waals surface area contributed by atoms with Gasteiger partial charge in [-0.3, -0.25) is 0 Å². The number of aliphatic hydroxyl groups excluding tert-OH is 6. The Bertz CT molecular complexity index is 397. The van der Waals surface area contributed by atoms with Crippen LogP contribution in [0, 0.1) is 11.8 Å². The molecule has 25 heavy (non-hydrogen) atoms. The Morgan fingerprint density at radius 1 is 0.680 bits per heavy atom. The maximum absolute atomic E-state index is 9.56. The van der Waals surface area contributed by atoms with E-state index in [0.717, 1.165) is 0 Å². The van der Waals surface area contributed by atoms with E-state index in [-0.39, 0.29) is 39.6 Å². The molecule has 0 aliphatic carbocycles. The van der Waals surface area contributed by atoms with Crippen molar-refractivity contribution in [2.24, 2.45) is 11.8 Å². The average molecular weight is 358 g/mol. The predicted molar refractivity (Wildman–Crippen MR) is 94.7 cm³/mol. The quantitative estimate of drug-likeness (QED) is 0.223. The molecule has 0 heterocycles.